The van der Waals surface area contributed by atoms with Crippen molar-refractivity contribution < 1.29 is 8.42 Å². The first kappa shape index (κ1) is 12.5. The van der Waals surface area contributed by atoms with Gasteiger partial charge in [0.15, 0.2) is 5.03 Å². The van der Waals surface area contributed by atoms with Gasteiger partial charge in [0.1, 0.15) is 5.82 Å². The van der Waals surface area contributed by atoms with Crippen LogP contribution in [0.2, 0.25) is 0 Å². The summed E-state index contributed by atoms with van der Waals surface area (Å²) >= 11 is 1.70. The van der Waals surface area contributed by atoms with Crippen LogP contribution in [0.3, 0.4) is 0 Å². The molecular formula is C8H15N3O2S2. The number of imidazole rings is 1. The standard InChI is InChI=1S/C8H15N3O2S2/c1-3-7-10-8(15(9,12)13)6-11(7)4-5-14-2/h6H,3-5H2,1-2H3,(H2,9,12,13). The number of sulfonamides is 1. The first-order chi connectivity index (χ1) is 6.99. The Hall–Kier alpha value is -0.530. The molecule has 0 aromatic carbocycles. The van der Waals surface area contributed by atoms with Crippen LogP contribution >= 0.6 is 11.8 Å². The van der Waals surface area contributed by atoms with Crippen LogP contribution in [0.15, 0.2) is 11.2 Å². The molecule has 15 heavy (non-hydrogen) atoms. The SMILES string of the molecule is CCc1nc(S(N)(=O)=O)cn1CCSC. The van der Waals surface area contributed by atoms with Gasteiger partial charge in [0, 0.05) is 24.9 Å². The predicted molar refractivity (Wildman–Crippen MR) is 61.4 cm³/mol. The number of nitrogens with two attached hydrogens (primary N) is 1. The van der Waals surface area contributed by atoms with E-state index in [2.05, 4.69) is 4.98 Å². The topological polar surface area (TPSA) is 78.0 Å². The van der Waals surface area contributed by atoms with Crippen molar-refractivity contribution in [1.29, 1.82) is 0 Å². The molecule has 1 heterocycles. The third-order valence-electron chi connectivity index (χ3n) is 1.98. The van der Waals surface area contributed by atoms with Gasteiger partial charge in [-0.3, -0.25) is 0 Å². The van der Waals surface area contributed by atoms with Crippen LogP contribution in [0.4, 0.5) is 0 Å². The zero-order chi connectivity index (χ0) is 11.5. The minimum absolute atomic E-state index is 0.0412. The van der Waals surface area contributed by atoms with Crippen LogP contribution in [0.25, 0.3) is 0 Å². The number of aromatic nitrogens is 2. The Morgan fingerprint density at radius 1 is 1.60 bits per heavy atom. The van der Waals surface area contributed by atoms with E-state index < -0.39 is 10.0 Å². The van der Waals surface area contributed by atoms with Crippen LogP contribution in [-0.4, -0.2) is 30.0 Å². The maximum atomic E-state index is 11.1. The molecule has 0 amide bonds. The van der Waals surface area contributed by atoms with Gasteiger partial charge in [-0.1, -0.05) is 6.92 Å². The molecule has 0 aliphatic carbocycles. The summed E-state index contributed by atoms with van der Waals surface area (Å²) in [5.74, 6) is 1.68. The zero-order valence-corrected chi connectivity index (χ0v) is 10.4. The Kier molecular flexibility index (Phi) is 4.18. The summed E-state index contributed by atoms with van der Waals surface area (Å²) in [4.78, 5) is 3.99. The molecule has 0 radical (unpaired) electrons. The number of aryl methyl sites for hydroxylation is 2. The predicted octanol–water partition coefficient (Wildman–Crippen LogP) is 0.456. The highest BCUT2D eigenvalue weighted by atomic mass is 32.2. The van der Waals surface area contributed by atoms with E-state index in [1.54, 1.807) is 11.8 Å². The molecule has 86 valence electrons. The lowest BCUT2D eigenvalue weighted by molar-refractivity contribution is 0.594. The highest BCUT2D eigenvalue weighted by Gasteiger charge is 2.14. The quantitative estimate of drug-likeness (QED) is 0.822. The smallest absolute Gasteiger partial charge is 0.257 e. The largest absolute Gasteiger partial charge is 0.333 e. The number of thioether (sulfide) groups is 1. The lowest BCUT2D eigenvalue weighted by atomic mass is 10.4. The number of primary sulfonamides is 1. The molecule has 0 aliphatic rings. The lowest BCUT2D eigenvalue weighted by Gasteiger charge is -2.03. The third kappa shape index (κ3) is 3.22. The second kappa shape index (κ2) is 5.00. The monoisotopic (exact) mass is 249 g/mol. The van der Waals surface area contributed by atoms with E-state index in [0.717, 1.165) is 18.1 Å². The molecule has 0 spiro atoms. The Morgan fingerprint density at radius 3 is 2.73 bits per heavy atom. The number of rotatable bonds is 5. The second-order valence-corrected chi connectivity index (χ2v) is 5.57. The molecule has 0 atom stereocenters. The van der Waals surface area contributed by atoms with Gasteiger partial charge in [-0.15, -0.1) is 0 Å². The van der Waals surface area contributed by atoms with E-state index >= 15 is 0 Å². The molecule has 7 heteroatoms. The van der Waals surface area contributed by atoms with Gasteiger partial charge in [-0.2, -0.15) is 11.8 Å². The van der Waals surface area contributed by atoms with Gasteiger partial charge in [0.05, 0.1) is 0 Å². The van der Waals surface area contributed by atoms with E-state index in [9.17, 15) is 8.42 Å². The summed E-state index contributed by atoms with van der Waals surface area (Å²) in [6, 6.07) is 0. The molecule has 0 fully saturated rings. The Labute approximate surface area is 94.1 Å². The summed E-state index contributed by atoms with van der Waals surface area (Å²) in [6.07, 6.45) is 4.21. The fourth-order valence-electron chi connectivity index (χ4n) is 1.23. The number of hydrogen-bond donors (Lipinski definition) is 1. The summed E-state index contributed by atoms with van der Waals surface area (Å²) < 4.78 is 24.0. The van der Waals surface area contributed by atoms with Crippen molar-refractivity contribution in [2.24, 2.45) is 5.14 Å². The van der Waals surface area contributed by atoms with Gasteiger partial charge in [0.25, 0.3) is 10.0 Å². The van der Waals surface area contributed by atoms with Crippen molar-refractivity contribution in [3.05, 3.63) is 12.0 Å². The van der Waals surface area contributed by atoms with E-state index in [1.807, 2.05) is 17.7 Å². The van der Waals surface area contributed by atoms with Crippen LogP contribution in [0.5, 0.6) is 0 Å². The highest BCUT2D eigenvalue weighted by Crippen LogP contribution is 2.09. The summed E-state index contributed by atoms with van der Waals surface area (Å²) in [5.41, 5.74) is 0. The third-order valence-corrected chi connectivity index (χ3v) is 3.35. The Balaban J connectivity index is 3.01. The van der Waals surface area contributed by atoms with Gasteiger partial charge in [-0.25, -0.2) is 18.5 Å². The lowest BCUT2D eigenvalue weighted by Crippen LogP contribution is -2.12. The maximum absolute atomic E-state index is 11.1. The molecule has 0 saturated carbocycles. The van der Waals surface area contributed by atoms with E-state index in [-0.39, 0.29) is 5.03 Å². The molecule has 0 saturated heterocycles. The fraction of sp³-hybridized carbons (Fsp3) is 0.625. The fourth-order valence-corrected chi connectivity index (χ4v) is 2.12. The molecular weight excluding hydrogens is 234 g/mol. The average Bonchev–Trinajstić information content (AvgIpc) is 2.57. The van der Waals surface area contributed by atoms with Crippen molar-refractivity contribution in [1.82, 2.24) is 9.55 Å². The van der Waals surface area contributed by atoms with E-state index in [4.69, 9.17) is 5.14 Å². The molecule has 0 unspecified atom stereocenters. The van der Waals surface area contributed by atoms with Gasteiger partial charge in [-0.05, 0) is 6.26 Å². The minimum Gasteiger partial charge on any atom is -0.333 e. The molecule has 1 aromatic rings. The van der Waals surface area contributed by atoms with Crippen molar-refractivity contribution >= 4 is 21.8 Å². The van der Waals surface area contributed by atoms with E-state index in [0.29, 0.717) is 6.42 Å². The van der Waals surface area contributed by atoms with Crippen molar-refractivity contribution in [2.45, 2.75) is 24.9 Å². The van der Waals surface area contributed by atoms with Crippen molar-refractivity contribution in [3.63, 3.8) is 0 Å². The average molecular weight is 249 g/mol. The Bertz CT molecular complexity index is 425. The van der Waals surface area contributed by atoms with Crippen LogP contribution in [-0.2, 0) is 23.0 Å². The van der Waals surface area contributed by atoms with Crippen molar-refractivity contribution in [3.8, 4) is 0 Å². The molecule has 0 bridgehead atoms. The van der Waals surface area contributed by atoms with Gasteiger partial charge < -0.3 is 4.57 Å². The number of nitrogens with zero attached hydrogens (tertiary/aromatic N) is 2. The van der Waals surface area contributed by atoms with Crippen molar-refractivity contribution in [2.75, 3.05) is 12.0 Å². The first-order valence-corrected chi connectivity index (χ1v) is 7.50. The zero-order valence-electron chi connectivity index (χ0n) is 8.80. The molecule has 1 rings (SSSR count). The van der Waals surface area contributed by atoms with Gasteiger partial charge >= 0.3 is 0 Å². The number of hydrogen-bond acceptors (Lipinski definition) is 4. The maximum Gasteiger partial charge on any atom is 0.257 e. The summed E-state index contributed by atoms with van der Waals surface area (Å²) in [7, 11) is -3.68. The van der Waals surface area contributed by atoms with Gasteiger partial charge in [0.2, 0.25) is 0 Å². The highest BCUT2D eigenvalue weighted by molar-refractivity contribution is 7.98. The minimum atomic E-state index is -3.68. The first-order valence-electron chi connectivity index (χ1n) is 4.56. The van der Waals surface area contributed by atoms with E-state index in [1.165, 1.54) is 6.20 Å². The van der Waals surface area contributed by atoms with Crippen LogP contribution in [0, 0.1) is 0 Å². The molecule has 0 aliphatic heterocycles. The molecule has 2 N–H and O–H groups in total. The van der Waals surface area contributed by atoms with Crippen LogP contribution < -0.4 is 5.14 Å². The van der Waals surface area contributed by atoms with Crippen LogP contribution in [0.1, 0.15) is 12.7 Å². The molecule has 1 aromatic heterocycles. The summed E-state index contributed by atoms with van der Waals surface area (Å²) in [6.45, 7) is 2.69. The Morgan fingerprint density at radius 2 is 2.27 bits per heavy atom. The second-order valence-electron chi connectivity index (χ2n) is 3.08. The normalized spacial score (nSPS) is 11.9. The summed E-state index contributed by atoms with van der Waals surface area (Å²) in [5, 5.41) is 4.97. The molecule has 5 nitrogen and oxygen atoms in total.